The summed E-state index contributed by atoms with van der Waals surface area (Å²) in [6, 6.07) is 12.4. The van der Waals surface area contributed by atoms with Crippen LogP contribution in [-0.2, 0) is 4.79 Å². The number of hydrogen-bond acceptors (Lipinski definition) is 2. The van der Waals surface area contributed by atoms with E-state index in [0.717, 1.165) is 15.7 Å². The molecule has 0 unspecified atom stereocenters. The van der Waals surface area contributed by atoms with Gasteiger partial charge in [-0.1, -0.05) is 39.7 Å². The topological polar surface area (TPSA) is 58.2 Å². The Hall–Kier alpha value is -1.85. The molecule has 4 nitrogen and oxygen atoms in total. The Morgan fingerprint density at radius 1 is 1.17 bits per heavy atom. The molecular formula is C17H16BrClN2O2. The number of amides is 2. The van der Waals surface area contributed by atoms with Gasteiger partial charge in [0.1, 0.15) is 0 Å². The fraction of sp³-hybridized carbons (Fsp3) is 0.176. The van der Waals surface area contributed by atoms with Gasteiger partial charge in [0.05, 0.1) is 10.6 Å². The third kappa shape index (κ3) is 5.08. The van der Waals surface area contributed by atoms with Crippen molar-refractivity contribution in [2.45, 2.75) is 13.3 Å². The lowest BCUT2D eigenvalue weighted by Gasteiger charge is -2.10. The van der Waals surface area contributed by atoms with Gasteiger partial charge in [0.25, 0.3) is 5.91 Å². The molecule has 0 aliphatic heterocycles. The van der Waals surface area contributed by atoms with Gasteiger partial charge >= 0.3 is 0 Å². The molecule has 0 fully saturated rings. The maximum Gasteiger partial charge on any atom is 0.252 e. The monoisotopic (exact) mass is 394 g/mol. The van der Waals surface area contributed by atoms with Crippen molar-refractivity contribution in [3.63, 3.8) is 0 Å². The predicted molar refractivity (Wildman–Crippen MR) is 95.9 cm³/mol. The second-order valence-corrected chi connectivity index (χ2v) is 6.32. The molecule has 120 valence electrons. The van der Waals surface area contributed by atoms with Gasteiger partial charge in [-0.25, -0.2) is 0 Å². The van der Waals surface area contributed by atoms with E-state index in [4.69, 9.17) is 11.6 Å². The van der Waals surface area contributed by atoms with E-state index in [2.05, 4.69) is 26.6 Å². The van der Waals surface area contributed by atoms with Gasteiger partial charge in [-0.3, -0.25) is 9.59 Å². The van der Waals surface area contributed by atoms with Crippen LogP contribution in [0.4, 0.5) is 5.69 Å². The van der Waals surface area contributed by atoms with Gasteiger partial charge < -0.3 is 10.6 Å². The van der Waals surface area contributed by atoms with Gasteiger partial charge in [-0.15, -0.1) is 0 Å². The van der Waals surface area contributed by atoms with Crippen molar-refractivity contribution >= 4 is 45.0 Å². The second-order valence-electron chi connectivity index (χ2n) is 4.99. The van der Waals surface area contributed by atoms with Gasteiger partial charge in [-0.05, 0) is 42.8 Å². The summed E-state index contributed by atoms with van der Waals surface area (Å²) in [5.41, 5.74) is 2.13. The van der Waals surface area contributed by atoms with Crippen molar-refractivity contribution in [3.8, 4) is 0 Å². The number of anilines is 1. The minimum absolute atomic E-state index is 0.158. The van der Waals surface area contributed by atoms with Crippen LogP contribution in [0.2, 0.25) is 5.02 Å². The molecule has 0 aromatic heterocycles. The minimum atomic E-state index is -0.289. The first-order valence-corrected chi connectivity index (χ1v) is 8.23. The molecule has 0 heterocycles. The number of carbonyl (C=O) groups excluding carboxylic acids is 2. The lowest BCUT2D eigenvalue weighted by molar-refractivity contribution is -0.116. The fourth-order valence-corrected chi connectivity index (χ4v) is 2.71. The Morgan fingerprint density at radius 3 is 2.61 bits per heavy atom. The van der Waals surface area contributed by atoms with Crippen molar-refractivity contribution in [1.29, 1.82) is 0 Å². The van der Waals surface area contributed by atoms with Crippen LogP contribution in [0.15, 0.2) is 46.9 Å². The van der Waals surface area contributed by atoms with Crippen LogP contribution in [-0.4, -0.2) is 18.4 Å². The average Bonchev–Trinajstić information content (AvgIpc) is 2.50. The summed E-state index contributed by atoms with van der Waals surface area (Å²) in [5.74, 6) is -0.446. The summed E-state index contributed by atoms with van der Waals surface area (Å²) in [4.78, 5) is 23.9. The van der Waals surface area contributed by atoms with Crippen LogP contribution in [0.5, 0.6) is 0 Å². The second kappa shape index (κ2) is 8.13. The maximum absolute atomic E-state index is 12.0. The van der Waals surface area contributed by atoms with Crippen LogP contribution in [0.25, 0.3) is 0 Å². The Labute approximate surface area is 148 Å². The zero-order valence-corrected chi connectivity index (χ0v) is 14.9. The van der Waals surface area contributed by atoms with Gasteiger partial charge in [0.15, 0.2) is 0 Å². The fourth-order valence-electron chi connectivity index (χ4n) is 2.01. The molecule has 0 bridgehead atoms. The Balaban J connectivity index is 1.83. The van der Waals surface area contributed by atoms with Crippen LogP contribution in [0.3, 0.4) is 0 Å². The molecule has 0 aliphatic carbocycles. The minimum Gasteiger partial charge on any atom is -0.351 e. The Morgan fingerprint density at radius 2 is 1.91 bits per heavy atom. The number of halogens is 2. The van der Waals surface area contributed by atoms with Crippen LogP contribution < -0.4 is 10.6 Å². The van der Waals surface area contributed by atoms with Crippen LogP contribution in [0, 0.1) is 6.92 Å². The summed E-state index contributed by atoms with van der Waals surface area (Å²) in [7, 11) is 0. The van der Waals surface area contributed by atoms with E-state index in [-0.39, 0.29) is 24.8 Å². The lowest BCUT2D eigenvalue weighted by Crippen LogP contribution is -2.28. The smallest absolute Gasteiger partial charge is 0.252 e. The van der Waals surface area contributed by atoms with E-state index >= 15 is 0 Å². The number of benzene rings is 2. The molecule has 2 aromatic rings. The molecule has 2 amide bonds. The van der Waals surface area contributed by atoms with Gasteiger partial charge in [-0.2, -0.15) is 0 Å². The van der Waals surface area contributed by atoms with E-state index in [1.807, 2.05) is 25.1 Å². The molecule has 2 rings (SSSR count). The lowest BCUT2D eigenvalue weighted by atomic mass is 10.2. The molecule has 0 spiro atoms. The Bertz CT molecular complexity index is 734. The number of hydrogen-bond donors (Lipinski definition) is 2. The number of aryl methyl sites for hydroxylation is 1. The summed E-state index contributed by atoms with van der Waals surface area (Å²) < 4.78 is 0.958. The van der Waals surface area contributed by atoms with Gasteiger partial charge in [0.2, 0.25) is 5.91 Å². The molecule has 6 heteroatoms. The Kier molecular flexibility index (Phi) is 6.19. The first kappa shape index (κ1) is 17.5. The summed E-state index contributed by atoms with van der Waals surface area (Å²) in [6.07, 6.45) is 0.186. The number of rotatable bonds is 5. The summed E-state index contributed by atoms with van der Waals surface area (Å²) >= 11 is 9.33. The number of nitrogens with one attached hydrogen (secondary N) is 2. The molecule has 2 aromatic carbocycles. The van der Waals surface area contributed by atoms with Crippen LogP contribution in [0.1, 0.15) is 22.3 Å². The zero-order chi connectivity index (χ0) is 16.8. The quantitative estimate of drug-likeness (QED) is 0.798. The molecule has 23 heavy (non-hydrogen) atoms. The maximum atomic E-state index is 12.0. The highest BCUT2D eigenvalue weighted by Gasteiger charge is 2.10. The molecular weight excluding hydrogens is 380 g/mol. The highest BCUT2D eigenvalue weighted by atomic mass is 79.9. The van der Waals surface area contributed by atoms with E-state index in [9.17, 15) is 9.59 Å². The molecule has 0 aliphatic rings. The first-order chi connectivity index (χ1) is 11.0. The van der Waals surface area contributed by atoms with E-state index in [1.54, 1.807) is 24.3 Å². The first-order valence-electron chi connectivity index (χ1n) is 7.06. The highest BCUT2D eigenvalue weighted by molar-refractivity contribution is 9.10. The molecule has 0 radical (unpaired) electrons. The third-order valence-electron chi connectivity index (χ3n) is 3.22. The normalized spacial score (nSPS) is 10.2. The zero-order valence-electron chi connectivity index (χ0n) is 12.5. The highest BCUT2D eigenvalue weighted by Crippen LogP contribution is 2.20. The SMILES string of the molecule is Cc1cc(Br)ccc1NC(=O)CCNC(=O)c1ccccc1Cl. The number of carbonyl (C=O) groups is 2. The van der Waals surface area contributed by atoms with Crippen molar-refractivity contribution in [2.24, 2.45) is 0 Å². The van der Waals surface area contributed by atoms with Gasteiger partial charge in [0, 0.05) is 23.1 Å². The van der Waals surface area contributed by atoms with E-state index in [0.29, 0.717) is 10.6 Å². The summed E-state index contributed by atoms with van der Waals surface area (Å²) in [6.45, 7) is 2.16. The summed E-state index contributed by atoms with van der Waals surface area (Å²) in [5, 5.41) is 5.90. The van der Waals surface area contributed by atoms with Crippen molar-refractivity contribution < 1.29 is 9.59 Å². The average molecular weight is 396 g/mol. The van der Waals surface area contributed by atoms with Crippen molar-refractivity contribution in [2.75, 3.05) is 11.9 Å². The van der Waals surface area contributed by atoms with E-state index in [1.165, 1.54) is 0 Å². The third-order valence-corrected chi connectivity index (χ3v) is 4.04. The van der Waals surface area contributed by atoms with Crippen molar-refractivity contribution in [3.05, 3.63) is 63.1 Å². The molecule has 0 saturated carbocycles. The predicted octanol–water partition coefficient (Wildman–Crippen LogP) is 4.17. The largest absolute Gasteiger partial charge is 0.351 e. The van der Waals surface area contributed by atoms with E-state index < -0.39 is 0 Å². The van der Waals surface area contributed by atoms with Crippen LogP contribution >= 0.6 is 27.5 Å². The molecule has 0 atom stereocenters. The van der Waals surface area contributed by atoms with Crippen molar-refractivity contribution in [1.82, 2.24) is 5.32 Å². The standard InChI is InChI=1S/C17H16BrClN2O2/c1-11-10-12(18)6-7-15(11)21-16(22)8-9-20-17(23)13-4-2-3-5-14(13)19/h2-7,10H,8-9H2,1H3,(H,20,23)(H,21,22). The molecule has 2 N–H and O–H groups in total. The molecule has 0 saturated heterocycles.